The minimum atomic E-state index is 1.05. The lowest BCUT2D eigenvalue weighted by Crippen LogP contribution is -2.37. The van der Waals surface area contributed by atoms with E-state index in [4.69, 9.17) is 5.10 Å². The second kappa shape index (κ2) is 6.04. The SMILES string of the molecule is Cc1n[n+](C)c(-c2c(C)c3cccc4c5ccccc5n2c34)c2cc3ccccc3cc12. The summed E-state index contributed by atoms with van der Waals surface area (Å²) in [6.07, 6.45) is 0. The molecule has 0 bridgehead atoms. The maximum atomic E-state index is 4.95. The summed E-state index contributed by atoms with van der Waals surface area (Å²) in [6, 6.07) is 28.6. The van der Waals surface area contributed by atoms with Crippen molar-refractivity contribution >= 4 is 48.7 Å². The van der Waals surface area contributed by atoms with Gasteiger partial charge in [-0.15, -0.1) is 0 Å². The van der Waals surface area contributed by atoms with Crippen LogP contribution >= 0.6 is 0 Å². The third-order valence-corrected chi connectivity index (χ3v) is 7.06. The molecule has 0 atom stereocenters. The van der Waals surface area contributed by atoms with E-state index in [2.05, 4.69) is 109 Å². The van der Waals surface area contributed by atoms with Crippen molar-refractivity contribution < 1.29 is 4.68 Å². The molecule has 152 valence electrons. The zero-order valence-electron chi connectivity index (χ0n) is 18.3. The van der Waals surface area contributed by atoms with Crippen LogP contribution in [0, 0.1) is 13.8 Å². The largest absolute Gasteiger partial charge is 0.302 e. The fraction of sp³-hybridized carbons (Fsp3) is 0.103. The summed E-state index contributed by atoms with van der Waals surface area (Å²) >= 11 is 0. The molecule has 0 spiro atoms. The minimum Gasteiger partial charge on any atom is -0.302 e. The molecule has 0 unspecified atom stereocenters. The van der Waals surface area contributed by atoms with E-state index in [0.29, 0.717) is 0 Å². The van der Waals surface area contributed by atoms with Crippen molar-refractivity contribution in [3.63, 3.8) is 0 Å². The Morgan fingerprint density at radius 3 is 2.16 bits per heavy atom. The van der Waals surface area contributed by atoms with Gasteiger partial charge in [-0.05, 0) is 53.5 Å². The Morgan fingerprint density at radius 1 is 0.688 bits per heavy atom. The van der Waals surface area contributed by atoms with Crippen molar-refractivity contribution in [3.05, 3.63) is 90.1 Å². The average molecular weight is 413 g/mol. The van der Waals surface area contributed by atoms with Crippen molar-refractivity contribution in [2.24, 2.45) is 7.05 Å². The molecule has 0 fully saturated rings. The molecule has 0 amide bonds. The Labute approximate surface area is 185 Å². The molecule has 3 heteroatoms. The molecule has 4 aromatic carbocycles. The van der Waals surface area contributed by atoms with Gasteiger partial charge in [0, 0.05) is 21.5 Å². The predicted octanol–water partition coefficient (Wildman–Crippen LogP) is 6.49. The van der Waals surface area contributed by atoms with Crippen molar-refractivity contribution in [2.45, 2.75) is 13.8 Å². The van der Waals surface area contributed by atoms with E-state index in [1.165, 1.54) is 60.0 Å². The lowest BCUT2D eigenvalue weighted by Gasteiger charge is -2.09. The number of nitrogens with zero attached hydrogens (tertiary/aromatic N) is 3. The Bertz CT molecular complexity index is 1860. The van der Waals surface area contributed by atoms with Crippen LogP contribution < -0.4 is 4.68 Å². The van der Waals surface area contributed by atoms with Gasteiger partial charge in [-0.25, -0.2) is 0 Å². The minimum absolute atomic E-state index is 1.05. The van der Waals surface area contributed by atoms with Crippen molar-refractivity contribution in [2.75, 3.05) is 0 Å². The van der Waals surface area contributed by atoms with E-state index in [1.54, 1.807) is 0 Å². The van der Waals surface area contributed by atoms with Gasteiger partial charge < -0.3 is 4.40 Å². The summed E-state index contributed by atoms with van der Waals surface area (Å²) in [6.45, 7) is 4.35. The van der Waals surface area contributed by atoms with Gasteiger partial charge in [0.25, 0.3) is 5.69 Å². The Kier molecular flexibility index (Phi) is 3.34. The summed E-state index contributed by atoms with van der Waals surface area (Å²) in [5.74, 6) is 0. The molecule has 0 aliphatic rings. The van der Waals surface area contributed by atoms with E-state index in [9.17, 15) is 0 Å². The van der Waals surface area contributed by atoms with E-state index in [0.717, 1.165) is 11.4 Å². The number of aryl methyl sites for hydroxylation is 3. The smallest absolute Gasteiger partial charge is 0.263 e. The number of benzene rings is 4. The Morgan fingerprint density at radius 2 is 1.34 bits per heavy atom. The zero-order chi connectivity index (χ0) is 21.6. The van der Waals surface area contributed by atoms with Gasteiger partial charge in [-0.2, -0.15) is 0 Å². The fourth-order valence-electron chi connectivity index (χ4n) is 5.65. The highest BCUT2D eigenvalue weighted by atomic mass is 15.3. The van der Waals surface area contributed by atoms with Crippen LogP contribution in [0.3, 0.4) is 0 Å². The summed E-state index contributed by atoms with van der Waals surface area (Å²) in [7, 11) is 2.07. The van der Waals surface area contributed by atoms with Gasteiger partial charge in [-0.3, -0.25) is 0 Å². The first-order valence-corrected chi connectivity index (χ1v) is 11.1. The second-order valence-corrected chi connectivity index (χ2v) is 8.83. The molecule has 32 heavy (non-hydrogen) atoms. The lowest BCUT2D eigenvalue weighted by molar-refractivity contribution is -0.719. The highest BCUT2D eigenvalue weighted by Crippen LogP contribution is 2.42. The molecular weight excluding hydrogens is 390 g/mol. The number of hydrogen-bond donors (Lipinski definition) is 0. The van der Waals surface area contributed by atoms with Gasteiger partial charge in [0.1, 0.15) is 11.4 Å². The maximum Gasteiger partial charge on any atom is 0.263 e. The molecule has 0 aliphatic heterocycles. The normalized spacial score (nSPS) is 12.2. The van der Waals surface area contributed by atoms with Crippen LogP contribution in [0.1, 0.15) is 11.3 Å². The number of fused-ring (bicyclic) bond motifs is 5. The standard InChI is InChI=1S/C29H22N3/c1-17-21-12-8-13-23-22-11-6-7-14-26(22)32(28(21)23)27(17)29-25-16-20-10-5-4-9-19(20)15-24(25)18(2)30-31(29)3/h4-16H,1-3H3/q+1. The van der Waals surface area contributed by atoms with Crippen LogP contribution in [0.25, 0.3) is 60.1 Å². The number of rotatable bonds is 1. The maximum absolute atomic E-state index is 4.95. The molecular formula is C29H22N3+. The molecule has 0 radical (unpaired) electrons. The van der Waals surface area contributed by atoms with Gasteiger partial charge >= 0.3 is 0 Å². The number of hydrogen-bond acceptors (Lipinski definition) is 1. The predicted molar refractivity (Wildman–Crippen MR) is 132 cm³/mol. The van der Waals surface area contributed by atoms with Gasteiger partial charge in [0.2, 0.25) is 0 Å². The second-order valence-electron chi connectivity index (χ2n) is 8.83. The van der Waals surface area contributed by atoms with Crippen LogP contribution in [0.2, 0.25) is 0 Å². The molecule has 0 aliphatic carbocycles. The zero-order valence-corrected chi connectivity index (χ0v) is 18.3. The van der Waals surface area contributed by atoms with E-state index >= 15 is 0 Å². The quantitative estimate of drug-likeness (QED) is 0.223. The third-order valence-electron chi connectivity index (χ3n) is 7.06. The Hall–Kier alpha value is -3.98. The van der Waals surface area contributed by atoms with E-state index < -0.39 is 0 Å². The monoisotopic (exact) mass is 412 g/mol. The fourth-order valence-corrected chi connectivity index (χ4v) is 5.65. The summed E-state index contributed by atoms with van der Waals surface area (Å²) in [5, 5.41) is 13.8. The molecule has 3 heterocycles. The molecule has 3 nitrogen and oxygen atoms in total. The topological polar surface area (TPSA) is 21.2 Å². The molecule has 0 saturated heterocycles. The van der Waals surface area contributed by atoms with Crippen molar-refractivity contribution in [1.29, 1.82) is 0 Å². The number of aromatic nitrogens is 3. The van der Waals surface area contributed by atoms with Gasteiger partial charge in [0.15, 0.2) is 7.05 Å². The highest BCUT2D eigenvalue weighted by Gasteiger charge is 2.28. The summed E-state index contributed by atoms with van der Waals surface area (Å²) in [4.78, 5) is 0. The Balaban J connectivity index is 1.75. The van der Waals surface area contributed by atoms with Crippen LogP contribution in [-0.2, 0) is 7.05 Å². The molecule has 3 aromatic heterocycles. The van der Waals surface area contributed by atoms with Crippen LogP contribution in [0.4, 0.5) is 0 Å². The average Bonchev–Trinajstić information content (AvgIpc) is 3.29. The third kappa shape index (κ3) is 2.10. The highest BCUT2D eigenvalue weighted by molar-refractivity contribution is 6.18. The van der Waals surface area contributed by atoms with Crippen LogP contribution in [0.15, 0.2) is 78.9 Å². The first-order valence-electron chi connectivity index (χ1n) is 11.1. The lowest BCUT2D eigenvalue weighted by atomic mass is 9.99. The molecule has 0 N–H and O–H groups in total. The van der Waals surface area contributed by atoms with Gasteiger partial charge in [-0.1, -0.05) is 65.3 Å². The first kappa shape index (κ1) is 17.7. The van der Waals surface area contributed by atoms with Gasteiger partial charge in [0.05, 0.1) is 16.4 Å². The first-order chi connectivity index (χ1) is 15.6. The van der Waals surface area contributed by atoms with E-state index in [-0.39, 0.29) is 0 Å². The van der Waals surface area contributed by atoms with Crippen molar-refractivity contribution in [3.8, 4) is 11.4 Å². The van der Waals surface area contributed by atoms with Crippen molar-refractivity contribution in [1.82, 2.24) is 9.50 Å². The molecule has 7 aromatic rings. The van der Waals surface area contributed by atoms with Crippen LogP contribution in [0.5, 0.6) is 0 Å². The van der Waals surface area contributed by atoms with E-state index in [1.807, 2.05) is 0 Å². The molecule has 0 saturated carbocycles. The number of para-hydroxylation sites is 2. The summed E-state index contributed by atoms with van der Waals surface area (Å²) < 4.78 is 4.52. The molecule has 7 rings (SSSR count). The summed E-state index contributed by atoms with van der Waals surface area (Å²) in [5.41, 5.74) is 7.28. The van der Waals surface area contributed by atoms with Crippen LogP contribution in [-0.4, -0.2) is 9.50 Å².